The number of hydrogen-bond acceptors (Lipinski definition) is 5. The predicted octanol–water partition coefficient (Wildman–Crippen LogP) is 0.167. The van der Waals surface area contributed by atoms with Crippen molar-refractivity contribution >= 4 is 5.97 Å². The quantitative estimate of drug-likeness (QED) is 0.532. The summed E-state index contributed by atoms with van der Waals surface area (Å²) in [5, 5.41) is 35.7. The molecule has 82 valence electrons. The van der Waals surface area contributed by atoms with Crippen molar-refractivity contribution in [3.63, 3.8) is 0 Å². The van der Waals surface area contributed by atoms with Gasteiger partial charge < -0.3 is 25.2 Å². The Balaban J connectivity index is 3.04. The monoisotopic (exact) mass is 214 g/mol. The first-order chi connectivity index (χ1) is 7.07. The van der Waals surface area contributed by atoms with E-state index in [0.717, 1.165) is 6.07 Å². The van der Waals surface area contributed by atoms with Gasteiger partial charge in [0, 0.05) is 0 Å². The van der Waals surface area contributed by atoms with Gasteiger partial charge in [0.1, 0.15) is 12.2 Å². The molecule has 0 radical (unpaired) electrons. The molecule has 0 unspecified atom stereocenters. The molecule has 0 aliphatic heterocycles. The van der Waals surface area contributed by atoms with E-state index in [9.17, 15) is 15.0 Å². The summed E-state index contributed by atoms with van der Waals surface area (Å²) in [4.78, 5) is 10.5. The minimum absolute atomic E-state index is 0.0561. The highest BCUT2D eigenvalue weighted by atomic mass is 16.5. The van der Waals surface area contributed by atoms with E-state index in [0.29, 0.717) is 0 Å². The third kappa shape index (κ3) is 2.29. The minimum Gasteiger partial charge on any atom is -0.504 e. The number of aliphatic hydroxyl groups excluding tert-OH is 1. The Morgan fingerprint density at radius 2 is 1.93 bits per heavy atom. The zero-order valence-electron chi connectivity index (χ0n) is 7.67. The van der Waals surface area contributed by atoms with Crippen molar-refractivity contribution in [3.8, 4) is 17.2 Å². The van der Waals surface area contributed by atoms with Crippen LogP contribution in [-0.2, 0) is 0 Å². The number of aromatic carboxylic acids is 1. The molecule has 0 fully saturated rings. The molecule has 0 amide bonds. The number of phenolic OH excluding ortho intramolecular Hbond substituents is 1. The number of rotatable bonds is 4. The number of benzene rings is 1. The Kier molecular flexibility index (Phi) is 3.35. The van der Waals surface area contributed by atoms with Gasteiger partial charge in [-0.1, -0.05) is 0 Å². The number of hydrogen-bond donors (Lipinski definition) is 4. The van der Waals surface area contributed by atoms with Crippen molar-refractivity contribution in [1.82, 2.24) is 0 Å². The molecule has 0 aromatic heterocycles. The highest BCUT2D eigenvalue weighted by Crippen LogP contribution is 2.37. The van der Waals surface area contributed by atoms with Crippen molar-refractivity contribution in [2.75, 3.05) is 13.2 Å². The van der Waals surface area contributed by atoms with Gasteiger partial charge in [0.25, 0.3) is 0 Å². The van der Waals surface area contributed by atoms with Gasteiger partial charge in [-0.2, -0.15) is 0 Å². The van der Waals surface area contributed by atoms with Gasteiger partial charge in [-0.25, -0.2) is 4.79 Å². The van der Waals surface area contributed by atoms with E-state index in [1.54, 1.807) is 0 Å². The van der Waals surface area contributed by atoms with Crippen molar-refractivity contribution in [2.45, 2.75) is 0 Å². The van der Waals surface area contributed by atoms with E-state index in [2.05, 4.69) is 0 Å². The summed E-state index contributed by atoms with van der Waals surface area (Å²) >= 11 is 0. The van der Waals surface area contributed by atoms with Crippen molar-refractivity contribution < 1.29 is 30.0 Å². The average molecular weight is 214 g/mol. The van der Waals surface area contributed by atoms with E-state index in [-0.39, 0.29) is 19.0 Å². The lowest BCUT2D eigenvalue weighted by Gasteiger charge is -2.08. The maximum atomic E-state index is 10.5. The Labute approximate surface area is 85.0 Å². The Morgan fingerprint density at radius 1 is 1.27 bits per heavy atom. The number of carboxylic acids is 1. The molecule has 6 nitrogen and oxygen atoms in total. The van der Waals surface area contributed by atoms with Gasteiger partial charge in [-0.05, 0) is 12.1 Å². The molecule has 1 aromatic rings. The van der Waals surface area contributed by atoms with Crippen molar-refractivity contribution in [1.29, 1.82) is 0 Å². The molecule has 1 rings (SSSR count). The number of aliphatic hydroxyl groups is 1. The third-order valence-electron chi connectivity index (χ3n) is 1.69. The van der Waals surface area contributed by atoms with Crippen LogP contribution < -0.4 is 4.74 Å². The first-order valence-electron chi connectivity index (χ1n) is 4.09. The van der Waals surface area contributed by atoms with Crippen LogP contribution in [0.25, 0.3) is 0 Å². The average Bonchev–Trinajstić information content (AvgIpc) is 2.20. The first kappa shape index (κ1) is 11.1. The van der Waals surface area contributed by atoms with Crippen LogP contribution in [0, 0.1) is 0 Å². The number of ether oxygens (including phenoxy) is 1. The molecule has 0 heterocycles. The smallest absolute Gasteiger partial charge is 0.339 e. The molecule has 0 saturated heterocycles. The van der Waals surface area contributed by atoms with Gasteiger partial charge in [0.15, 0.2) is 11.5 Å². The summed E-state index contributed by atoms with van der Waals surface area (Å²) in [6.07, 6.45) is 0. The number of carboxylic acid groups (broad SMARTS) is 1. The normalized spacial score (nSPS) is 9.93. The summed E-state index contributed by atoms with van der Waals surface area (Å²) in [6, 6.07) is 2.30. The largest absolute Gasteiger partial charge is 0.504 e. The van der Waals surface area contributed by atoms with Crippen LogP contribution in [-0.4, -0.2) is 39.6 Å². The lowest BCUT2D eigenvalue weighted by atomic mass is 10.2. The molecule has 0 atom stereocenters. The van der Waals surface area contributed by atoms with Crippen LogP contribution in [0.15, 0.2) is 12.1 Å². The summed E-state index contributed by atoms with van der Waals surface area (Å²) in [5.41, 5.74) is -0.413. The Bertz CT molecular complexity index is 373. The second kappa shape index (κ2) is 4.52. The van der Waals surface area contributed by atoms with E-state index >= 15 is 0 Å². The standard InChI is InChI=1S/C9H10O6/c10-3-4-15-6-2-1-5(9(13)14)7(11)8(6)12/h1-2,10-12H,3-4H2,(H,13,14). The van der Waals surface area contributed by atoms with E-state index in [1.165, 1.54) is 6.07 Å². The van der Waals surface area contributed by atoms with Crippen LogP contribution in [0.3, 0.4) is 0 Å². The molecule has 0 bridgehead atoms. The summed E-state index contributed by atoms with van der Waals surface area (Å²) in [6.45, 7) is -0.305. The highest BCUT2D eigenvalue weighted by Gasteiger charge is 2.17. The Morgan fingerprint density at radius 3 is 2.47 bits per heavy atom. The zero-order chi connectivity index (χ0) is 11.4. The van der Waals surface area contributed by atoms with Crippen LogP contribution in [0.1, 0.15) is 10.4 Å². The zero-order valence-corrected chi connectivity index (χ0v) is 7.67. The SMILES string of the molecule is O=C(O)c1ccc(OCCO)c(O)c1O. The molecule has 6 heteroatoms. The molecule has 0 aliphatic carbocycles. The van der Waals surface area contributed by atoms with Gasteiger partial charge in [-0.3, -0.25) is 0 Å². The molecule has 15 heavy (non-hydrogen) atoms. The minimum atomic E-state index is -1.35. The van der Waals surface area contributed by atoms with E-state index < -0.39 is 23.0 Å². The lowest BCUT2D eigenvalue weighted by Crippen LogP contribution is -2.03. The fourth-order valence-corrected chi connectivity index (χ4v) is 1.01. The molecular weight excluding hydrogens is 204 g/mol. The topological polar surface area (TPSA) is 107 Å². The number of phenols is 2. The molecule has 0 aliphatic rings. The highest BCUT2D eigenvalue weighted by molar-refractivity contribution is 5.92. The fourth-order valence-electron chi connectivity index (χ4n) is 1.01. The second-order valence-corrected chi connectivity index (χ2v) is 2.69. The van der Waals surface area contributed by atoms with E-state index in [1.807, 2.05) is 0 Å². The summed E-state index contributed by atoms with van der Waals surface area (Å²) in [5.74, 6) is -2.83. The van der Waals surface area contributed by atoms with Gasteiger partial charge in [0.05, 0.1) is 6.61 Å². The molecule has 0 spiro atoms. The Hall–Kier alpha value is -1.95. The van der Waals surface area contributed by atoms with E-state index in [4.69, 9.17) is 14.9 Å². The third-order valence-corrected chi connectivity index (χ3v) is 1.69. The number of aromatic hydroxyl groups is 2. The van der Waals surface area contributed by atoms with Crippen LogP contribution in [0.5, 0.6) is 17.2 Å². The number of carbonyl (C=O) groups is 1. The fraction of sp³-hybridized carbons (Fsp3) is 0.222. The van der Waals surface area contributed by atoms with Crippen LogP contribution >= 0.6 is 0 Å². The summed E-state index contributed by atoms with van der Waals surface area (Å²) < 4.78 is 4.85. The van der Waals surface area contributed by atoms with Crippen molar-refractivity contribution in [2.24, 2.45) is 0 Å². The first-order valence-corrected chi connectivity index (χ1v) is 4.09. The second-order valence-electron chi connectivity index (χ2n) is 2.69. The molecule has 1 aromatic carbocycles. The van der Waals surface area contributed by atoms with Gasteiger partial charge in [0.2, 0.25) is 5.75 Å². The lowest BCUT2D eigenvalue weighted by molar-refractivity contribution is 0.0692. The molecular formula is C9H10O6. The predicted molar refractivity (Wildman–Crippen MR) is 49.3 cm³/mol. The summed E-state index contributed by atoms with van der Waals surface area (Å²) in [7, 11) is 0. The van der Waals surface area contributed by atoms with Crippen LogP contribution in [0.4, 0.5) is 0 Å². The van der Waals surface area contributed by atoms with Gasteiger partial charge >= 0.3 is 5.97 Å². The van der Waals surface area contributed by atoms with Crippen LogP contribution in [0.2, 0.25) is 0 Å². The van der Waals surface area contributed by atoms with Crippen molar-refractivity contribution in [3.05, 3.63) is 17.7 Å². The maximum absolute atomic E-state index is 10.5. The molecule has 0 saturated carbocycles. The maximum Gasteiger partial charge on any atom is 0.339 e. The molecule has 4 N–H and O–H groups in total. The van der Waals surface area contributed by atoms with Gasteiger partial charge in [-0.15, -0.1) is 0 Å².